The molecule has 0 fully saturated rings. The SMILES string of the molecule is COCCOc1cc(Br)ccc1C(C)Br. The van der Waals surface area contributed by atoms with E-state index in [2.05, 4.69) is 38.8 Å². The lowest BCUT2D eigenvalue weighted by Gasteiger charge is -2.13. The zero-order valence-electron chi connectivity index (χ0n) is 8.80. The maximum Gasteiger partial charge on any atom is 0.124 e. The smallest absolute Gasteiger partial charge is 0.124 e. The van der Waals surface area contributed by atoms with Crippen molar-refractivity contribution in [2.24, 2.45) is 0 Å². The van der Waals surface area contributed by atoms with Crippen molar-refractivity contribution in [2.45, 2.75) is 11.8 Å². The number of hydrogen-bond donors (Lipinski definition) is 0. The minimum Gasteiger partial charge on any atom is -0.491 e. The zero-order chi connectivity index (χ0) is 11.3. The summed E-state index contributed by atoms with van der Waals surface area (Å²) >= 11 is 6.97. The summed E-state index contributed by atoms with van der Waals surface area (Å²) in [5.41, 5.74) is 1.15. The Kier molecular flexibility index (Phi) is 5.64. The molecular formula is C11H14Br2O2. The van der Waals surface area contributed by atoms with E-state index in [1.54, 1.807) is 7.11 Å². The van der Waals surface area contributed by atoms with Crippen molar-refractivity contribution in [3.8, 4) is 5.75 Å². The Labute approximate surface area is 107 Å². The third-order valence-electron chi connectivity index (χ3n) is 1.95. The van der Waals surface area contributed by atoms with Gasteiger partial charge in [0.1, 0.15) is 12.4 Å². The average molecular weight is 338 g/mol. The fourth-order valence-corrected chi connectivity index (χ4v) is 1.92. The number of halogens is 2. The molecule has 0 radical (unpaired) electrons. The molecule has 0 spiro atoms. The van der Waals surface area contributed by atoms with E-state index < -0.39 is 0 Å². The number of rotatable bonds is 5. The third-order valence-corrected chi connectivity index (χ3v) is 2.94. The van der Waals surface area contributed by atoms with Crippen molar-refractivity contribution in [1.29, 1.82) is 0 Å². The van der Waals surface area contributed by atoms with Crippen LogP contribution in [0.1, 0.15) is 17.3 Å². The number of benzene rings is 1. The van der Waals surface area contributed by atoms with Crippen molar-refractivity contribution >= 4 is 31.9 Å². The number of ether oxygens (including phenoxy) is 2. The largest absolute Gasteiger partial charge is 0.491 e. The molecule has 1 aromatic carbocycles. The molecular weight excluding hydrogens is 324 g/mol. The van der Waals surface area contributed by atoms with Gasteiger partial charge in [-0.25, -0.2) is 0 Å². The van der Waals surface area contributed by atoms with Gasteiger partial charge in [0.2, 0.25) is 0 Å². The van der Waals surface area contributed by atoms with E-state index in [-0.39, 0.29) is 4.83 Å². The second kappa shape index (κ2) is 6.51. The summed E-state index contributed by atoms with van der Waals surface area (Å²) in [5.74, 6) is 0.894. The van der Waals surface area contributed by atoms with Gasteiger partial charge < -0.3 is 9.47 Å². The summed E-state index contributed by atoms with van der Waals surface area (Å²) in [6.07, 6.45) is 0. The van der Waals surface area contributed by atoms with Crippen LogP contribution in [0.2, 0.25) is 0 Å². The van der Waals surface area contributed by atoms with Crippen molar-refractivity contribution in [3.05, 3.63) is 28.2 Å². The van der Waals surface area contributed by atoms with Gasteiger partial charge in [-0.05, 0) is 19.1 Å². The zero-order valence-corrected chi connectivity index (χ0v) is 12.0. The third kappa shape index (κ3) is 4.13. The minimum atomic E-state index is 0.281. The van der Waals surface area contributed by atoms with E-state index in [4.69, 9.17) is 9.47 Å². The summed E-state index contributed by atoms with van der Waals surface area (Å²) in [6, 6.07) is 6.03. The molecule has 0 saturated heterocycles. The lowest BCUT2D eigenvalue weighted by atomic mass is 10.1. The first-order chi connectivity index (χ1) is 7.15. The number of methoxy groups -OCH3 is 1. The van der Waals surface area contributed by atoms with E-state index in [0.29, 0.717) is 13.2 Å². The molecule has 0 aromatic heterocycles. The fraction of sp³-hybridized carbons (Fsp3) is 0.455. The van der Waals surface area contributed by atoms with Gasteiger partial charge in [0.15, 0.2) is 0 Å². The van der Waals surface area contributed by atoms with E-state index in [9.17, 15) is 0 Å². The molecule has 1 atom stereocenters. The lowest BCUT2D eigenvalue weighted by Crippen LogP contribution is -2.06. The quantitative estimate of drug-likeness (QED) is 0.598. The maximum absolute atomic E-state index is 5.63. The van der Waals surface area contributed by atoms with Crippen LogP contribution in [-0.4, -0.2) is 20.3 Å². The molecule has 2 nitrogen and oxygen atoms in total. The molecule has 0 amide bonds. The Hall–Kier alpha value is -0.0600. The molecule has 0 aliphatic carbocycles. The number of hydrogen-bond acceptors (Lipinski definition) is 2. The highest BCUT2D eigenvalue weighted by Gasteiger charge is 2.09. The molecule has 15 heavy (non-hydrogen) atoms. The Morgan fingerprint density at radius 1 is 1.33 bits per heavy atom. The highest BCUT2D eigenvalue weighted by molar-refractivity contribution is 9.10. The first kappa shape index (κ1) is 13.0. The van der Waals surface area contributed by atoms with Crippen molar-refractivity contribution in [1.82, 2.24) is 0 Å². The molecule has 0 N–H and O–H groups in total. The molecule has 1 rings (SSSR count). The first-order valence-electron chi connectivity index (χ1n) is 4.70. The van der Waals surface area contributed by atoms with Crippen LogP contribution in [0.15, 0.2) is 22.7 Å². The summed E-state index contributed by atoms with van der Waals surface area (Å²) in [6.45, 7) is 3.24. The molecule has 4 heteroatoms. The molecule has 0 saturated carbocycles. The fourth-order valence-electron chi connectivity index (χ4n) is 1.20. The van der Waals surface area contributed by atoms with Crippen molar-refractivity contribution < 1.29 is 9.47 Å². The van der Waals surface area contributed by atoms with E-state index in [1.165, 1.54) is 0 Å². The molecule has 1 unspecified atom stereocenters. The topological polar surface area (TPSA) is 18.5 Å². The summed E-state index contributed by atoms with van der Waals surface area (Å²) in [7, 11) is 1.66. The predicted molar refractivity (Wildman–Crippen MR) is 68.9 cm³/mol. The van der Waals surface area contributed by atoms with Gasteiger partial charge in [-0.1, -0.05) is 37.9 Å². The van der Waals surface area contributed by atoms with Gasteiger partial charge in [0, 0.05) is 22.0 Å². The molecule has 1 aromatic rings. The maximum atomic E-state index is 5.63. The molecule has 0 heterocycles. The van der Waals surface area contributed by atoms with Gasteiger partial charge in [-0.3, -0.25) is 0 Å². The van der Waals surface area contributed by atoms with Gasteiger partial charge in [-0.2, -0.15) is 0 Å². The van der Waals surface area contributed by atoms with Gasteiger partial charge >= 0.3 is 0 Å². The Morgan fingerprint density at radius 3 is 2.67 bits per heavy atom. The molecule has 0 bridgehead atoms. The van der Waals surface area contributed by atoms with E-state index >= 15 is 0 Å². The van der Waals surface area contributed by atoms with Crippen LogP contribution >= 0.6 is 31.9 Å². The monoisotopic (exact) mass is 336 g/mol. The van der Waals surface area contributed by atoms with Gasteiger partial charge in [-0.15, -0.1) is 0 Å². The van der Waals surface area contributed by atoms with Crippen LogP contribution in [-0.2, 0) is 4.74 Å². The van der Waals surface area contributed by atoms with E-state index in [1.807, 2.05) is 18.2 Å². The highest BCUT2D eigenvalue weighted by atomic mass is 79.9. The van der Waals surface area contributed by atoms with E-state index in [0.717, 1.165) is 15.8 Å². The van der Waals surface area contributed by atoms with Gasteiger partial charge in [0.05, 0.1) is 6.61 Å². The van der Waals surface area contributed by atoms with Crippen molar-refractivity contribution in [2.75, 3.05) is 20.3 Å². The van der Waals surface area contributed by atoms with Gasteiger partial charge in [0.25, 0.3) is 0 Å². The molecule has 0 aliphatic heterocycles. The van der Waals surface area contributed by atoms with Crippen LogP contribution < -0.4 is 4.74 Å². The van der Waals surface area contributed by atoms with Crippen LogP contribution in [0.25, 0.3) is 0 Å². The van der Waals surface area contributed by atoms with Crippen LogP contribution in [0.3, 0.4) is 0 Å². The van der Waals surface area contributed by atoms with Crippen LogP contribution in [0.4, 0.5) is 0 Å². The molecule has 0 aliphatic rings. The Morgan fingerprint density at radius 2 is 2.07 bits per heavy atom. The average Bonchev–Trinajstić information content (AvgIpc) is 2.18. The van der Waals surface area contributed by atoms with Crippen molar-refractivity contribution in [3.63, 3.8) is 0 Å². The van der Waals surface area contributed by atoms with Crippen LogP contribution in [0.5, 0.6) is 5.75 Å². The Balaban J connectivity index is 2.77. The normalized spacial score (nSPS) is 12.5. The lowest BCUT2D eigenvalue weighted by molar-refractivity contribution is 0.146. The standard InChI is InChI=1S/C11H14Br2O2/c1-8(12)10-4-3-9(13)7-11(10)15-6-5-14-2/h3-4,7-8H,5-6H2,1-2H3. The highest BCUT2D eigenvalue weighted by Crippen LogP contribution is 2.32. The second-order valence-corrected chi connectivity index (χ2v) is 5.43. The number of alkyl halides is 1. The predicted octanol–water partition coefficient (Wildman–Crippen LogP) is 3.93. The second-order valence-electron chi connectivity index (χ2n) is 3.14. The van der Waals surface area contributed by atoms with Crippen LogP contribution in [0, 0.1) is 0 Å². The Bertz CT molecular complexity index is 313. The molecule has 84 valence electrons. The minimum absolute atomic E-state index is 0.281. The summed E-state index contributed by atoms with van der Waals surface area (Å²) in [4.78, 5) is 0.281. The summed E-state index contributed by atoms with van der Waals surface area (Å²) in [5, 5.41) is 0. The summed E-state index contributed by atoms with van der Waals surface area (Å²) < 4.78 is 11.6. The first-order valence-corrected chi connectivity index (χ1v) is 6.41.